The lowest BCUT2D eigenvalue weighted by molar-refractivity contribution is 0.0854. The molecule has 0 amide bonds. The summed E-state index contributed by atoms with van der Waals surface area (Å²) in [5, 5.41) is 19.1. The molecule has 7 heteroatoms. The van der Waals surface area contributed by atoms with Gasteiger partial charge in [-0.1, -0.05) is 42.5 Å². The fraction of sp³-hybridized carbons (Fsp3) is 0.125. The summed E-state index contributed by atoms with van der Waals surface area (Å²) < 4.78 is 13.8. The molecular weight excluding hydrogens is 399 g/mol. The van der Waals surface area contributed by atoms with E-state index in [0.29, 0.717) is 16.6 Å². The largest absolute Gasteiger partial charge is 0.393 e. The third kappa shape index (κ3) is 4.14. The minimum Gasteiger partial charge on any atom is -0.393 e. The van der Waals surface area contributed by atoms with Gasteiger partial charge in [0.25, 0.3) is 0 Å². The van der Waals surface area contributed by atoms with E-state index in [9.17, 15) is 24.2 Å². The fourth-order valence-corrected chi connectivity index (χ4v) is 3.46. The molecule has 1 aromatic heterocycles. The van der Waals surface area contributed by atoms with Crippen molar-refractivity contribution in [2.75, 3.05) is 6.61 Å². The summed E-state index contributed by atoms with van der Waals surface area (Å²) in [6, 6.07) is 18.3. The molecule has 2 atom stereocenters. The van der Waals surface area contributed by atoms with E-state index in [-0.39, 0.29) is 17.0 Å². The van der Waals surface area contributed by atoms with Gasteiger partial charge in [0.1, 0.15) is 23.7 Å². The molecule has 31 heavy (non-hydrogen) atoms. The smallest absolute Gasteiger partial charge is 0.181 e. The van der Waals surface area contributed by atoms with Gasteiger partial charge < -0.3 is 15.2 Å². The van der Waals surface area contributed by atoms with E-state index in [4.69, 9.17) is 0 Å². The zero-order valence-corrected chi connectivity index (χ0v) is 16.3. The van der Waals surface area contributed by atoms with Crippen LogP contribution in [0.1, 0.15) is 44.1 Å². The monoisotopic (exact) mass is 418 g/mol. The van der Waals surface area contributed by atoms with Crippen molar-refractivity contribution < 1.29 is 24.2 Å². The van der Waals surface area contributed by atoms with Crippen molar-refractivity contribution in [1.82, 2.24) is 9.97 Å². The predicted octanol–water partition coefficient (Wildman–Crippen LogP) is 3.58. The summed E-state index contributed by atoms with van der Waals surface area (Å²) in [4.78, 5) is 34.2. The molecule has 0 aliphatic heterocycles. The molecule has 0 saturated heterocycles. The Morgan fingerprint density at radius 1 is 0.935 bits per heavy atom. The van der Waals surface area contributed by atoms with Gasteiger partial charge >= 0.3 is 0 Å². The summed E-state index contributed by atoms with van der Waals surface area (Å²) in [5.74, 6) is -2.93. The lowest BCUT2D eigenvalue weighted by atomic mass is 9.88. The number of carbonyl (C=O) groups excluding carboxylic acids is 2. The average Bonchev–Trinajstić information content (AvgIpc) is 3.22. The third-order valence-corrected chi connectivity index (χ3v) is 5.04. The topological polar surface area (TPSA) is 103 Å². The number of nitrogens with one attached hydrogen (secondary N) is 1. The Hall–Kier alpha value is -3.68. The molecule has 3 N–H and O–H groups in total. The minimum atomic E-state index is -1.34. The lowest BCUT2D eigenvalue weighted by Crippen LogP contribution is -2.24. The maximum atomic E-state index is 13.8. The summed E-state index contributed by atoms with van der Waals surface area (Å²) in [6.45, 7) is -0.507. The fourth-order valence-electron chi connectivity index (χ4n) is 3.46. The van der Waals surface area contributed by atoms with Crippen LogP contribution in [0.3, 0.4) is 0 Å². The molecule has 4 aromatic rings. The highest BCUT2D eigenvalue weighted by atomic mass is 19.1. The number of Topliss-reactive ketones (excluding diaryl/α,β-unsaturated/α-hetero) is 2. The van der Waals surface area contributed by atoms with E-state index < -0.39 is 36.0 Å². The van der Waals surface area contributed by atoms with Crippen LogP contribution in [-0.2, 0) is 0 Å². The molecule has 0 fully saturated rings. The van der Waals surface area contributed by atoms with Gasteiger partial charge in [0.2, 0.25) is 0 Å². The van der Waals surface area contributed by atoms with Crippen LogP contribution in [0.5, 0.6) is 0 Å². The normalized spacial score (nSPS) is 13.1. The van der Waals surface area contributed by atoms with Crippen LogP contribution in [0.15, 0.2) is 72.8 Å². The number of fused-ring (bicyclic) bond motifs is 1. The van der Waals surface area contributed by atoms with Gasteiger partial charge in [-0.3, -0.25) is 9.59 Å². The Morgan fingerprint density at radius 2 is 1.61 bits per heavy atom. The molecule has 6 nitrogen and oxygen atoms in total. The van der Waals surface area contributed by atoms with Crippen molar-refractivity contribution in [3.05, 3.63) is 101 Å². The van der Waals surface area contributed by atoms with Crippen LogP contribution in [0.25, 0.3) is 11.0 Å². The summed E-state index contributed by atoms with van der Waals surface area (Å²) >= 11 is 0. The number of aromatic amines is 1. The third-order valence-electron chi connectivity index (χ3n) is 5.04. The van der Waals surface area contributed by atoms with Gasteiger partial charge in [0.15, 0.2) is 11.6 Å². The zero-order valence-electron chi connectivity index (χ0n) is 16.3. The summed E-state index contributed by atoms with van der Waals surface area (Å²) in [7, 11) is 0. The van der Waals surface area contributed by atoms with Gasteiger partial charge in [0, 0.05) is 11.1 Å². The Labute approximate surface area is 177 Å². The first-order valence-electron chi connectivity index (χ1n) is 9.65. The Morgan fingerprint density at radius 3 is 2.29 bits per heavy atom. The van der Waals surface area contributed by atoms with Crippen LogP contribution >= 0.6 is 0 Å². The molecule has 0 spiro atoms. The highest BCUT2D eigenvalue weighted by Gasteiger charge is 2.33. The molecule has 0 bridgehead atoms. The molecular formula is C24H19FN2O4. The number of hydrogen-bond acceptors (Lipinski definition) is 5. The number of aromatic nitrogens is 2. The lowest BCUT2D eigenvalue weighted by Gasteiger charge is -2.15. The molecule has 0 aliphatic rings. The van der Waals surface area contributed by atoms with Crippen molar-refractivity contribution in [2.45, 2.75) is 12.0 Å². The van der Waals surface area contributed by atoms with Crippen molar-refractivity contribution in [2.24, 2.45) is 0 Å². The van der Waals surface area contributed by atoms with E-state index >= 15 is 0 Å². The van der Waals surface area contributed by atoms with Gasteiger partial charge in [-0.2, -0.15) is 0 Å². The number of ketones is 2. The van der Waals surface area contributed by atoms with Crippen molar-refractivity contribution in [3.63, 3.8) is 0 Å². The van der Waals surface area contributed by atoms with Crippen molar-refractivity contribution >= 4 is 22.6 Å². The molecule has 0 aliphatic carbocycles. The van der Waals surface area contributed by atoms with E-state index in [2.05, 4.69) is 9.97 Å². The Bertz CT molecular complexity index is 1230. The second-order valence-corrected chi connectivity index (χ2v) is 7.13. The summed E-state index contributed by atoms with van der Waals surface area (Å²) in [5.41, 5.74) is 1.80. The molecule has 0 saturated carbocycles. The number of para-hydroxylation sites is 2. The Balaban J connectivity index is 1.82. The molecule has 4 rings (SSSR count). The highest BCUT2D eigenvalue weighted by molar-refractivity contribution is 6.19. The number of imidazole rings is 1. The molecule has 3 aromatic carbocycles. The van der Waals surface area contributed by atoms with E-state index in [0.717, 1.165) is 6.07 Å². The van der Waals surface area contributed by atoms with Gasteiger partial charge in [-0.15, -0.1) is 0 Å². The quantitative estimate of drug-likeness (QED) is 0.314. The maximum Gasteiger partial charge on any atom is 0.181 e. The van der Waals surface area contributed by atoms with Crippen molar-refractivity contribution in [3.8, 4) is 0 Å². The number of aliphatic hydroxyl groups is 2. The summed E-state index contributed by atoms with van der Waals surface area (Å²) in [6.07, 6.45) is -1.16. The van der Waals surface area contributed by atoms with Crippen LogP contribution in [0.2, 0.25) is 0 Å². The number of benzene rings is 3. The van der Waals surface area contributed by atoms with E-state index in [1.54, 1.807) is 36.4 Å². The first-order valence-corrected chi connectivity index (χ1v) is 9.65. The number of H-pyrrole nitrogens is 1. The molecule has 0 radical (unpaired) electrons. The van der Waals surface area contributed by atoms with Crippen LogP contribution in [0.4, 0.5) is 4.39 Å². The van der Waals surface area contributed by atoms with Crippen LogP contribution < -0.4 is 0 Å². The average molecular weight is 418 g/mol. The number of halogens is 1. The van der Waals surface area contributed by atoms with Crippen molar-refractivity contribution in [1.29, 1.82) is 0 Å². The Kier molecular flexibility index (Phi) is 5.70. The first-order chi connectivity index (χ1) is 15.0. The maximum absolute atomic E-state index is 13.8. The zero-order chi connectivity index (χ0) is 22.0. The molecule has 156 valence electrons. The number of aliphatic hydroxyl groups excluding tert-OH is 2. The SMILES string of the molecule is O=C(c1cccc(F)c1)C(C(=O)c1cccc(C(O)CO)c1)c1nc2ccccc2[nH]1. The second kappa shape index (κ2) is 8.59. The van der Waals surface area contributed by atoms with Gasteiger partial charge in [-0.25, -0.2) is 9.37 Å². The number of rotatable bonds is 7. The predicted molar refractivity (Wildman–Crippen MR) is 112 cm³/mol. The highest BCUT2D eigenvalue weighted by Crippen LogP contribution is 2.27. The van der Waals surface area contributed by atoms with Crippen LogP contribution in [0, 0.1) is 5.82 Å². The second-order valence-electron chi connectivity index (χ2n) is 7.13. The van der Waals surface area contributed by atoms with E-state index in [1.807, 2.05) is 0 Å². The minimum absolute atomic E-state index is 0.0466. The van der Waals surface area contributed by atoms with Gasteiger partial charge in [-0.05, 0) is 35.9 Å². The van der Waals surface area contributed by atoms with E-state index in [1.165, 1.54) is 30.3 Å². The first kappa shape index (κ1) is 20.6. The number of carbonyl (C=O) groups is 2. The van der Waals surface area contributed by atoms with Gasteiger partial charge in [0.05, 0.1) is 17.6 Å². The number of nitrogens with zero attached hydrogens (tertiary/aromatic N) is 1. The number of hydrogen-bond donors (Lipinski definition) is 3. The standard InChI is InChI=1S/C24H19FN2O4/c25-17-8-4-7-16(12-17)23(31)21(24-26-18-9-1-2-10-19(18)27-24)22(30)15-6-3-5-14(11-15)20(29)13-28/h1-12,20-21,28-29H,13H2,(H,26,27). The molecule has 1 heterocycles. The molecule has 2 unspecified atom stereocenters. The van der Waals surface area contributed by atoms with Crippen LogP contribution in [-0.4, -0.2) is 38.4 Å².